The summed E-state index contributed by atoms with van der Waals surface area (Å²) in [5, 5.41) is 1.55. The van der Waals surface area contributed by atoms with E-state index in [9.17, 15) is 31.2 Å². The van der Waals surface area contributed by atoms with Gasteiger partial charge in [0.1, 0.15) is 17.4 Å². The lowest BCUT2D eigenvalue weighted by atomic mass is 10.1. The van der Waals surface area contributed by atoms with Gasteiger partial charge in [0.2, 0.25) is 0 Å². The summed E-state index contributed by atoms with van der Waals surface area (Å²) in [5.41, 5.74) is -0.585. The summed E-state index contributed by atoms with van der Waals surface area (Å²) < 4.78 is 74.7. The second kappa shape index (κ2) is 9.04. The Kier molecular flexibility index (Phi) is 7.92. The van der Waals surface area contributed by atoms with Gasteiger partial charge >= 0.3 is 12.3 Å². The lowest BCUT2D eigenvalue weighted by molar-refractivity contribution is -0.148. The van der Waals surface area contributed by atoms with Gasteiger partial charge in [0, 0.05) is 16.2 Å². The van der Waals surface area contributed by atoms with Crippen molar-refractivity contribution in [3.8, 4) is 0 Å². The number of nitrogens with one attached hydrogen (secondary N) is 1. The maximum Gasteiger partial charge on any atom is 0.414 e. The van der Waals surface area contributed by atoms with Gasteiger partial charge in [-0.1, -0.05) is 0 Å². The summed E-state index contributed by atoms with van der Waals surface area (Å²) in [6.45, 7) is 5.04. The molecule has 0 aliphatic carbocycles. The molecular weight excluding hydrogens is 532 g/mol. The molecule has 0 heterocycles. The highest BCUT2D eigenvalue weighted by Gasteiger charge is 2.43. The van der Waals surface area contributed by atoms with E-state index in [0.29, 0.717) is 9.26 Å². The average molecular weight is 552 g/mol. The predicted octanol–water partition coefficient (Wildman–Crippen LogP) is 3.21. The number of rotatable bonds is 5. The molecule has 1 aromatic carbocycles. The first-order chi connectivity index (χ1) is 12.9. The fraction of sp³-hybridized carbons (Fsp3) is 0.500. The number of carbonyl (C=O) groups is 2. The molecule has 164 valence electrons. The average Bonchev–Trinajstić information content (AvgIpc) is 2.49. The topological polar surface area (TPSA) is 113 Å². The number of nitrogens with zero attached hydrogens (tertiary/aromatic N) is 1. The van der Waals surface area contributed by atoms with Crippen LogP contribution < -0.4 is 10.2 Å². The zero-order valence-electron chi connectivity index (χ0n) is 15.9. The highest BCUT2D eigenvalue weighted by atomic mass is 127. The van der Waals surface area contributed by atoms with Crippen molar-refractivity contribution < 1.29 is 40.5 Å². The number of carbonyl (C=O) groups excluding carboxylic acids is 2. The van der Waals surface area contributed by atoms with Crippen molar-refractivity contribution in [3.63, 3.8) is 0 Å². The molecule has 1 atom stereocenters. The van der Waals surface area contributed by atoms with Gasteiger partial charge < -0.3 is 10.1 Å². The molecule has 1 unspecified atom stereocenters. The molecule has 29 heavy (non-hydrogen) atoms. The second-order valence-corrected chi connectivity index (χ2v) is 9.68. The molecule has 1 aromatic rings. The fourth-order valence-corrected chi connectivity index (χ4v) is 3.59. The Bertz CT molecular complexity index is 884. The first-order valence-electron chi connectivity index (χ1n) is 8.00. The first-order valence-corrected chi connectivity index (χ1v) is 10.7. The summed E-state index contributed by atoms with van der Waals surface area (Å²) in [6, 6.07) is 0.958. The van der Waals surface area contributed by atoms with Crippen molar-refractivity contribution in [2.45, 2.75) is 38.6 Å². The lowest BCUT2D eigenvalue weighted by Gasteiger charge is -2.25. The minimum Gasteiger partial charge on any atom is -0.443 e. The van der Waals surface area contributed by atoms with E-state index in [0.717, 1.165) is 0 Å². The molecule has 2 amide bonds. The minimum atomic E-state index is -5.09. The van der Waals surface area contributed by atoms with Crippen molar-refractivity contribution in [2.75, 3.05) is 17.7 Å². The Morgan fingerprint density at radius 1 is 1.28 bits per heavy atom. The Balaban J connectivity index is 3.05. The Hall–Kier alpha value is -1.61. The predicted molar refractivity (Wildman–Crippen MR) is 108 cm³/mol. The SMILES string of the molecule is CN(C(=O)OC(C)(C)C)c1ccc(C(=O)NC(CS(=O)(=O)O)C(F)(F)F)cc1I. The van der Waals surface area contributed by atoms with Gasteiger partial charge in [-0.05, 0) is 61.6 Å². The van der Waals surface area contributed by atoms with Gasteiger partial charge in [-0.25, -0.2) is 4.79 Å². The third kappa shape index (κ3) is 8.34. The molecular formula is C16H20F3IN2O6S. The summed E-state index contributed by atoms with van der Waals surface area (Å²) in [5.74, 6) is -2.90. The molecule has 0 radical (unpaired) electrons. The number of ether oxygens (including phenoxy) is 1. The van der Waals surface area contributed by atoms with E-state index < -0.39 is 45.7 Å². The van der Waals surface area contributed by atoms with Gasteiger partial charge in [0.05, 0.1) is 5.69 Å². The van der Waals surface area contributed by atoms with Crippen molar-refractivity contribution in [3.05, 3.63) is 27.3 Å². The maximum absolute atomic E-state index is 13.0. The molecule has 13 heteroatoms. The Labute approximate surface area is 179 Å². The van der Waals surface area contributed by atoms with Gasteiger partial charge in [0.25, 0.3) is 16.0 Å². The van der Waals surface area contributed by atoms with Gasteiger partial charge in [-0.15, -0.1) is 0 Å². The Morgan fingerprint density at radius 3 is 2.24 bits per heavy atom. The summed E-state index contributed by atoms with van der Waals surface area (Å²) in [7, 11) is -3.55. The van der Waals surface area contributed by atoms with Crippen LogP contribution in [0.15, 0.2) is 18.2 Å². The largest absolute Gasteiger partial charge is 0.443 e. The van der Waals surface area contributed by atoms with Gasteiger partial charge in [-0.3, -0.25) is 14.2 Å². The second-order valence-electron chi connectivity index (χ2n) is 7.02. The monoisotopic (exact) mass is 552 g/mol. The third-order valence-corrected chi connectivity index (χ3v) is 4.93. The van der Waals surface area contributed by atoms with Gasteiger partial charge in [-0.2, -0.15) is 21.6 Å². The van der Waals surface area contributed by atoms with Crippen LogP contribution in [0.1, 0.15) is 31.1 Å². The van der Waals surface area contributed by atoms with Crippen molar-refractivity contribution in [1.29, 1.82) is 0 Å². The smallest absolute Gasteiger partial charge is 0.414 e. The van der Waals surface area contributed by atoms with Gasteiger partial charge in [0.15, 0.2) is 0 Å². The van der Waals surface area contributed by atoms with E-state index in [4.69, 9.17) is 9.29 Å². The van der Waals surface area contributed by atoms with Crippen LogP contribution in [0, 0.1) is 3.57 Å². The van der Waals surface area contributed by atoms with E-state index in [2.05, 4.69) is 0 Å². The van der Waals surface area contributed by atoms with Crippen molar-refractivity contribution in [1.82, 2.24) is 5.32 Å². The molecule has 0 fully saturated rings. The number of alkyl halides is 3. The number of amides is 2. The zero-order chi connectivity index (χ0) is 22.8. The normalized spacial score (nSPS) is 13.6. The zero-order valence-corrected chi connectivity index (χ0v) is 18.8. The van der Waals surface area contributed by atoms with Crippen LogP contribution in [-0.4, -0.2) is 55.6 Å². The van der Waals surface area contributed by atoms with Crippen molar-refractivity contribution in [2.24, 2.45) is 0 Å². The van der Waals surface area contributed by atoms with E-state index in [-0.39, 0.29) is 5.56 Å². The van der Waals surface area contributed by atoms with Crippen LogP contribution in [0.2, 0.25) is 0 Å². The fourth-order valence-electron chi connectivity index (χ4n) is 2.02. The third-order valence-electron chi connectivity index (χ3n) is 3.32. The molecule has 0 spiro atoms. The van der Waals surface area contributed by atoms with E-state index >= 15 is 0 Å². The molecule has 0 saturated carbocycles. The lowest BCUT2D eigenvalue weighted by Crippen LogP contribution is -2.49. The number of hydrogen-bond donors (Lipinski definition) is 2. The number of anilines is 1. The molecule has 0 aliphatic rings. The quantitative estimate of drug-likeness (QED) is 0.429. The van der Waals surface area contributed by atoms with Crippen LogP contribution in [0.5, 0.6) is 0 Å². The molecule has 0 saturated heterocycles. The van der Waals surface area contributed by atoms with E-state index in [1.54, 1.807) is 48.7 Å². The molecule has 8 nitrogen and oxygen atoms in total. The molecule has 1 rings (SSSR count). The summed E-state index contributed by atoms with van der Waals surface area (Å²) in [6.07, 6.45) is -5.76. The maximum atomic E-state index is 13.0. The van der Waals surface area contributed by atoms with E-state index in [1.807, 2.05) is 0 Å². The van der Waals surface area contributed by atoms with E-state index in [1.165, 1.54) is 30.1 Å². The minimum absolute atomic E-state index is 0.194. The summed E-state index contributed by atoms with van der Waals surface area (Å²) in [4.78, 5) is 25.5. The number of benzene rings is 1. The molecule has 0 aromatic heterocycles. The molecule has 0 bridgehead atoms. The molecule has 2 N–H and O–H groups in total. The molecule has 0 aliphatic heterocycles. The number of hydrogen-bond acceptors (Lipinski definition) is 5. The van der Waals surface area contributed by atoms with Crippen LogP contribution in [0.4, 0.5) is 23.7 Å². The Morgan fingerprint density at radius 2 is 1.83 bits per heavy atom. The summed E-state index contributed by atoms with van der Waals surface area (Å²) >= 11 is 1.79. The van der Waals surface area contributed by atoms with Crippen LogP contribution in [0.25, 0.3) is 0 Å². The van der Waals surface area contributed by atoms with Crippen LogP contribution in [0.3, 0.4) is 0 Å². The highest BCUT2D eigenvalue weighted by molar-refractivity contribution is 14.1. The standard InChI is InChI=1S/C16H20F3IN2O6S/c1-15(2,3)28-14(24)22(4)11-6-5-9(7-10(11)20)13(23)21-12(16(17,18)19)8-29(25,26)27/h5-7,12H,8H2,1-4H3,(H,21,23)(H,25,26,27). The van der Waals surface area contributed by atoms with Crippen LogP contribution in [-0.2, 0) is 14.9 Å². The number of halogens is 4. The first kappa shape index (κ1) is 25.4. The van der Waals surface area contributed by atoms with Crippen molar-refractivity contribution >= 4 is 50.4 Å². The van der Waals surface area contributed by atoms with Crippen LogP contribution >= 0.6 is 22.6 Å². The highest BCUT2D eigenvalue weighted by Crippen LogP contribution is 2.26.